The minimum atomic E-state index is -3.42. The van der Waals surface area contributed by atoms with Crippen LogP contribution < -0.4 is 9.46 Å². The van der Waals surface area contributed by atoms with Gasteiger partial charge in [0.1, 0.15) is 5.75 Å². The Bertz CT molecular complexity index is 541. The summed E-state index contributed by atoms with van der Waals surface area (Å²) < 4.78 is 30.9. The Labute approximate surface area is 118 Å². The second-order valence-corrected chi connectivity index (χ2v) is 6.20. The number of carboxylic acid groups (broad SMARTS) is 1. The van der Waals surface area contributed by atoms with Crippen molar-refractivity contribution < 1.29 is 23.1 Å². The van der Waals surface area contributed by atoms with Gasteiger partial charge in [-0.05, 0) is 24.5 Å². The zero-order valence-electron chi connectivity index (χ0n) is 11.3. The second-order valence-electron chi connectivity index (χ2n) is 4.27. The molecule has 0 amide bonds. The molecule has 0 aliphatic carbocycles. The lowest BCUT2D eigenvalue weighted by molar-refractivity contribution is -0.137. The highest BCUT2D eigenvalue weighted by Crippen LogP contribution is 2.17. The smallest absolute Gasteiger partial charge is 0.303 e. The van der Waals surface area contributed by atoms with E-state index in [4.69, 9.17) is 9.84 Å². The molecule has 0 bridgehead atoms. The van der Waals surface area contributed by atoms with E-state index in [0.717, 1.165) is 11.3 Å². The maximum atomic E-state index is 11.6. The third kappa shape index (κ3) is 6.03. The fraction of sp³-hybridized carbons (Fsp3) is 0.462. The van der Waals surface area contributed by atoms with E-state index in [2.05, 4.69) is 4.72 Å². The van der Waals surface area contributed by atoms with Crippen LogP contribution in [0.2, 0.25) is 0 Å². The molecule has 1 aromatic rings. The van der Waals surface area contributed by atoms with Gasteiger partial charge in [0.25, 0.3) is 0 Å². The van der Waals surface area contributed by atoms with E-state index in [1.54, 1.807) is 7.11 Å². The van der Waals surface area contributed by atoms with Gasteiger partial charge in [-0.15, -0.1) is 0 Å². The predicted molar refractivity (Wildman–Crippen MR) is 75.4 cm³/mol. The van der Waals surface area contributed by atoms with Crippen molar-refractivity contribution >= 4 is 16.0 Å². The molecule has 0 heterocycles. The van der Waals surface area contributed by atoms with E-state index in [0.29, 0.717) is 6.42 Å². The van der Waals surface area contributed by atoms with E-state index in [-0.39, 0.29) is 25.1 Å². The molecule has 0 saturated heterocycles. The number of rotatable bonds is 9. The van der Waals surface area contributed by atoms with Crippen molar-refractivity contribution in [3.8, 4) is 5.75 Å². The van der Waals surface area contributed by atoms with Gasteiger partial charge in [-0.2, -0.15) is 0 Å². The van der Waals surface area contributed by atoms with Crippen molar-refractivity contribution in [1.82, 2.24) is 4.72 Å². The van der Waals surface area contributed by atoms with Crippen LogP contribution in [0.3, 0.4) is 0 Å². The minimum Gasteiger partial charge on any atom is -0.496 e. The average Bonchev–Trinajstić information content (AvgIpc) is 2.38. The molecule has 0 aliphatic rings. The van der Waals surface area contributed by atoms with Crippen LogP contribution in [-0.4, -0.2) is 38.9 Å². The van der Waals surface area contributed by atoms with Crippen molar-refractivity contribution in [2.75, 3.05) is 19.4 Å². The molecule has 0 aliphatic heterocycles. The maximum absolute atomic E-state index is 11.6. The molecule has 1 rings (SSSR count). The number of methoxy groups -OCH3 is 1. The van der Waals surface area contributed by atoms with Gasteiger partial charge in [0.15, 0.2) is 0 Å². The lowest BCUT2D eigenvalue weighted by Crippen LogP contribution is -2.28. The Balaban J connectivity index is 2.41. The Morgan fingerprint density at radius 1 is 1.35 bits per heavy atom. The summed E-state index contributed by atoms with van der Waals surface area (Å²) in [5, 5.41) is 8.46. The van der Waals surface area contributed by atoms with E-state index < -0.39 is 16.0 Å². The van der Waals surface area contributed by atoms with Crippen molar-refractivity contribution in [3.05, 3.63) is 29.8 Å². The molecule has 1 aromatic carbocycles. The summed E-state index contributed by atoms with van der Waals surface area (Å²) in [5.74, 6) is -0.447. The highest BCUT2D eigenvalue weighted by molar-refractivity contribution is 7.89. The number of hydrogen-bond acceptors (Lipinski definition) is 4. The fourth-order valence-corrected chi connectivity index (χ4v) is 2.82. The number of para-hydroxylation sites is 1. The van der Waals surface area contributed by atoms with Gasteiger partial charge in [0.2, 0.25) is 10.0 Å². The van der Waals surface area contributed by atoms with Crippen LogP contribution in [0.5, 0.6) is 5.75 Å². The number of benzene rings is 1. The standard InChI is InChI=1S/C13H19NO5S/c1-19-12-6-3-2-5-11(12)8-9-14-20(17,18)10-4-7-13(15)16/h2-3,5-6,14H,4,7-10H2,1H3,(H,15,16). The van der Waals surface area contributed by atoms with Crippen LogP contribution >= 0.6 is 0 Å². The Kier molecular flexibility index (Phi) is 6.47. The first-order valence-corrected chi connectivity index (χ1v) is 7.91. The first-order valence-electron chi connectivity index (χ1n) is 6.25. The van der Waals surface area contributed by atoms with E-state index in [1.165, 1.54) is 0 Å². The quantitative estimate of drug-likeness (QED) is 0.710. The molecule has 0 atom stereocenters. The number of aliphatic carboxylic acids is 1. The molecule has 0 aromatic heterocycles. The van der Waals surface area contributed by atoms with E-state index in [1.807, 2.05) is 24.3 Å². The Morgan fingerprint density at radius 2 is 2.05 bits per heavy atom. The number of sulfonamides is 1. The Hall–Kier alpha value is -1.60. The van der Waals surface area contributed by atoms with Crippen molar-refractivity contribution in [1.29, 1.82) is 0 Å². The summed E-state index contributed by atoms with van der Waals surface area (Å²) in [6, 6.07) is 7.39. The first kappa shape index (κ1) is 16.5. The molecule has 0 saturated carbocycles. The minimum absolute atomic E-state index is 0.110. The zero-order valence-corrected chi connectivity index (χ0v) is 12.1. The molecule has 112 valence electrons. The summed E-state index contributed by atoms with van der Waals surface area (Å²) >= 11 is 0. The fourth-order valence-electron chi connectivity index (χ4n) is 1.74. The van der Waals surface area contributed by atoms with E-state index in [9.17, 15) is 13.2 Å². The monoisotopic (exact) mass is 301 g/mol. The van der Waals surface area contributed by atoms with Gasteiger partial charge in [-0.1, -0.05) is 18.2 Å². The van der Waals surface area contributed by atoms with Gasteiger partial charge in [-0.25, -0.2) is 13.1 Å². The molecule has 0 radical (unpaired) electrons. The lowest BCUT2D eigenvalue weighted by atomic mass is 10.1. The average molecular weight is 301 g/mol. The SMILES string of the molecule is COc1ccccc1CCNS(=O)(=O)CCCC(=O)O. The maximum Gasteiger partial charge on any atom is 0.303 e. The second kappa shape index (κ2) is 7.86. The van der Waals surface area contributed by atoms with Crippen LogP contribution in [0, 0.1) is 0 Å². The largest absolute Gasteiger partial charge is 0.496 e. The van der Waals surface area contributed by atoms with E-state index >= 15 is 0 Å². The molecule has 7 heteroatoms. The zero-order chi connectivity index (χ0) is 15.0. The van der Waals surface area contributed by atoms with Crippen molar-refractivity contribution in [3.63, 3.8) is 0 Å². The van der Waals surface area contributed by atoms with Gasteiger partial charge < -0.3 is 9.84 Å². The molecule has 0 fully saturated rings. The number of carboxylic acids is 1. The van der Waals surface area contributed by atoms with Crippen LogP contribution in [0.1, 0.15) is 18.4 Å². The summed E-state index contributed by atoms with van der Waals surface area (Å²) in [6.07, 6.45) is 0.481. The van der Waals surface area contributed by atoms with Gasteiger partial charge >= 0.3 is 5.97 Å². The van der Waals surface area contributed by atoms with Gasteiger partial charge in [0.05, 0.1) is 12.9 Å². The van der Waals surface area contributed by atoms with Crippen molar-refractivity contribution in [2.45, 2.75) is 19.3 Å². The van der Waals surface area contributed by atoms with Crippen LogP contribution in [-0.2, 0) is 21.2 Å². The van der Waals surface area contributed by atoms with Gasteiger partial charge in [-0.3, -0.25) is 4.79 Å². The topological polar surface area (TPSA) is 92.7 Å². The predicted octanol–water partition coefficient (Wildman–Crippen LogP) is 1.02. The summed E-state index contributed by atoms with van der Waals surface area (Å²) in [7, 11) is -1.86. The van der Waals surface area contributed by atoms with Crippen LogP contribution in [0.4, 0.5) is 0 Å². The number of ether oxygens (including phenoxy) is 1. The summed E-state index contributed by atoms with van der Waals surface area (Å²) in [6.45, 7) is 0.260. The molecule has 0 unspecified atom stereocenters. The Morgan fingerprint density at radius 3 is 2.70 bits per heavy atom. The highest BCUT2D eigenvalue weighted by Gasteiger charge is 2.11. The number of nitrogens with one attached hydrogen (secondary N) is 1. The van der Waals surface area contributed by atoms with Crippen LogP contribution in [0.15, 0.2) is 24.3 Å². The number of hydrogen-bond donors (Lipinski definition) is 2. The summed E-state index contributed by atoms with van der Waals surface area (Å²) in [4.78, 5) is 10.3. The third-order valence-electron chi connectivity index (χ3n) is 2.71. The van der Waals surface area contributed by atoms with Crippen molar-refractivity contribution in [2.24, 2.45) is 0 Å². The molecule has 0 spiro atoms. The molecule has 20 heavy (non-hydrogen) atoms. The normalized spacial score (nSPS) is 11.2. The molecule has 6 nitrogen and oxygen atoms in total. The first-order chi connectivity index (χ1) is 9.44. The third-order valence-corrected chi connectivity index (χ3v) is 4.18. The number of carbonyl (C=O) groups is 1. The summed E-state index contributed by atoms with van der Waals surface area (Å²) in [5.41, 5.74) is 0.920. The molecule has 2 N–H and O–H groups in total. The molecular formula is C13H19NO5S. The highest BCUT2D eigenvalue weighted by atomic mass is 32.2. The van der Waals surface area contributed by atoms with Gasteiger partial charge in [0, 0.05) is 13.0 Å². The molecular weight excluding hydrogens is 282 g/mol. The lowest BCUT2D eigenvalue weighted by Gasteiger charge is -2.09. The van der Waals surface area contributed by atoms with Crippen LogP contribution in [0.25, 0.3) is 0 Å².